The molecule has 2 aliphatic heterocycles. The van der Waals surface area contributed by atoms with Crippen LogP contribution in [0.2, 0.25) is 0 Å². The Bertz CT molecular complexity index is 1000. The SMILES string of the molecule is CC(C)CC(=O)N1CC(CN2CCN(c3ccc(F)cc3)CC2)C(c2cccc(C(F)(F)F)c2)C1. The van der Waals surface area contributed by atoms with Gasteiger partial charge in [0, 0.05) is 63.8 Å². The Hall–Kier alpha value is -2.61. The van der Waals surface area contributed by atoms with Crippen molar-refractivity contribution >= 4 is 11.6 Å². The number of nitrogens with zero attached hydrogens (tertiary/aromatic N) is 3. The summed E-state index contributed by atoms with van der Waals surface area (Å²) >= 11 is 0. The molecule has 2 saturated heterocycles. The number of carbonyl (C=O) groups is 1. The molecular formula is C27H33F4N3O. The molecule has 0 aliphatic carbocycles. The van der Waals surface area contributed by atoms with Gasteiger partial charge in [0.2, 0.25) is 5.91 Å². The maximum atomic E-state index is 13.4. The summed E-state index contributed by atoms with van der Waals surface area (Å²) in [5.41, 5.74) is 0.988. The first-order valence-electron chi connectivity index (χ1n) is 12.3. The van der Waals surface area contributed by atoms with Crippen LogP contribution in [-0.4, -0.2) is 61.5 Å². The number of likely N-dealkylation sites (tertiary alicyclic amines) is 1. The minimum atomic E-state index is -4.39. The Balaban J connectivity index is 1.46. The van der Waals surface area contributed by atoms with Gasteiger partial charge in [-0.3, -0.25) is 9.69 Å². The van der Waals surface area contributed by atoms with Gasteiger partial charge in [-0.2, -0.15) is 13.2 Å². The lowest BCUT2D eigenvalue weighted by molar-refractivity contribution is -0.137. The van der Waals surface area contributed by atoms with Crippen molar-refractivity contribution in [2.75, 3.05) is 50.7 Å². The van der Waals surface area contributed by atoms with E-state index in [1.54, 1.807) is 18.2 Å². The molecule has 8 heteroatoms. The fraction of sp³-hybridized carbons (Fsp3) is 0.519. The molecule has 0 radical (unpaired) electrons. The van der Waals surface area contributed by atoms with Crippen LogP contribution in [0.15, 0.2) is 48.5 Å². The molecule has 2 heterocycles. The van der Waals surface area contributed by atoms with Gasteiger partial charge in [0.15, 0.2) is 0 Å². The smallest absolute Gasteiger partial charge is 0.369 e. The van der Waals surface area contributed by atoms with Crippen LogP contribution in [0, 0.1) is 17.7 Å². The average molecular weight is 492 g/mol. The second kappa shape index (κ2) is 10.6. The first-order chi connectivity index (χ1) is 16.6. The number of amides is 1. The van der Waals surface area contributed by atoms with Gasteiger partial charge in [-0.05, 0) is 47.7 Å². The number of carbonyl (C=O) groups excluding carboxylic acids is 1. The van der Waals surface area contributed by atoms with Gasteiger partial charge in [-0.25, -0.2) is 4.39 Å². The number of alkyl halides is 3. The summed E-state index contributed by atoms with van der Waals surface area (Å²) < 4.78 is 53.4. The van der Waals surface area contributed by atoms with Gasteiger partial charge in [0.25, 0.3) is 0 Å². The van der Waals surface area contributed by atoms with E-state index in [1.807, 2.05) is 18.7 Å². The molecule has 2 unspecified atom stereocenters. The highest BCUT2D eigenvalue weighted by molar-refractivity contribution is 5.77. The van der Waals surface area contributed by atoms with Crippen LogP contribution >= 0.6 is 0 Å². The monoisotopic (exact) mass is 491 g/mol. The van der Waals surface area contributed by atoms with Crippen LogP contribution in [-0.2, 0) is 11.0 Å². The highest BCUT2D eigenvalue weighted by Crippen LogP contribution is 2.37. The summed E-state index contributed by atoms with van der Waals surface area (Å²) in [7, 11) is 0. The van der Waals surface area contributed by atoms with Crippen molar-refractivity contribution in [3.63, 3.8) is 0 Å². The molecule has 0 spiro atoms. The normalized spacial score (nSPS) is 21.7. The number of benzene rings is 2. The zero-order valence-electron chi connectivity index (χ0n) is 20.3. The maximum absolute atomic E-state index is 13.4. The van der Waals surface area contributed by atoms with E-state index in [-0.39, 0.29) is 29.5 Å². The topological polar surface area (TPSA) is 26.8 Å². The van der Waals surface area contributed by atoms with Gasteiger partial charge < -0.3 is 9.80 Å². The Kier molecular flexibility index (Phi) is 7.69. The average Bonchev–Trinajstić information content (AvgIpc) is 3.23. The zero-order chi connectivity index (χ0) is 25.2. The zero-order valence-corrected chi connectivity index (χ0v) is 20.3. The van der Waals surface area contributed by atoms with E-state index < -0.39 is 11.7 Å². The number of anilines is 1. The van der Waals surface area contributed by atoms with E-state index in [2.05, 4.69) is 9.80 Å². The lowest BCUT2D eigenvalue weighted by atomic mass is 9.87. The van der Waals surface area contributed by atoms with Crippen molar-refractivity contribution in [3.05, 3.63) is 65.5 Å². The molecule has 0 bridgehead atoms. The molecule has 0 aromatic heterocycles. The fourth-order valence-corrected chi connectivity index (χ4v) is 5.23. The standard InChI is InChI=1S/C27H33F4N3O/c1-19(2)14-26(35)34-17-21(25(18-34)20-4-3-5-22(15-20)27(29,30)31)16-32-10-12-33(13-11-32)24-8-6-23(28)7-9-24/h3-9,15,19,21,25H,10-14,16-18H2,1-2H3. The van der Waals surface area contributed by atoms with E-state index in [1.165, 1.54) is 24.3 Å². The Labute approximate surface area is 204 Å². The fourth-order valence-electron chi connectivity index (χ4n) is 5.23. The van der Waals surface area contributed by atoms with Crippen molar-refractivity contribution in [3.8, 4) is 0 Å². The quantitative estimate of drug-likeness (QED) is 0.516. The molecule has 190 valence electrons. The summed E-state index contributed by atoms with van der Waals surface area (Å²) in [6, 6.07) is 12.1. The van der Waals surface area contributed by atoms with E-state index in [4.69, 9.17) is 0 Å². The molecule has 4 rings (SSSR count). The third-order valence-electron chi connectivity index (χ3n) is 7.08. The van der Waals surface area contributed by atoms with Crippen molar-refractivity contribution in [1.82, 2.24) is 9.80 Å². The van der Waals surface area contributed by atoms with Gasteiger partial charge in [0.1, 0.15) is 5.82 Å². The summed E-state index contributed by atoms with van der Waals surface area (Å²) in [4.78, 5) is 19.2. The predicted molar refractivity (Wildman–Crippen MR) is 129 cm³/mol. The third kappa shape index (κ3) is 6.34. The number of piperazine rings is 1. The van der Waals surface area contributed by atoms with Crippen LogP contribution in [0.5, 0.6) is 0 Å². The first-order valence-corrected chi connectivity index (χ1v) is 12.3. The van der Waals surface area contributed by atoms with Crippen LogP contribution in [0.3, 0.4) is 0 Å². The molecular weight excluding hydrogens is 458 g/mol. The molecule has 4 nitrogen and oxygen atoms in total. The van der Waals surface area contributed by atoms with Crippen molar-refractivity contribution < 1.29 is 22.4 Å². The van der Waals surface area contributed by atoms with E-state index in [9.17, 15) is 22.4 Å². The number of hydrogen-bond donors (Lipinski definition) is 0. The number of rotatable bonds is 6. The molecule has 2 aromatic carbocycles. The minimum Gasteiger partial charge on any atom is -0.369 e. The van der Waals surface area contributed by atoms with E-state index >= 15 is 0 Å². The predicted octanol–water partition coefficient (Wildman–Crippen LogP) is 5.25. The second-order valence-corrected chi connectivity index (χ2v) is 10.2. The van der Waals surface area contributed by atoms with Crippen LogP contribution in [0.25, 0.3) is 0 Å². The summed E-state index contributed by atoms with van der Waals surface area (Å²) in [5, 5.41) is 0. The number of halogens is 4. The molecule has 1 amide bonds. The van der Waals surface area contributed by atoms with Crippen LogP contribution < -0.4 is 4.90 Å². The van der Waals surface area contributed by atoms with Gasteiger partial charge in [-0.15, -0.1) is 0 Å². The lowest BCUT2D eigenvalue weighted by Gasteiger charge is -2.38. The largest absolute Gasteiger partial charge is 0.416 e. The summed E-state index contributed by atoms with van der Waals surface area (Å²) in [6.07, 6.45) is -3.95. The third-order valence-corrected chi connectivity index (χ3v) is 7.08. The van der Waals surface area contributed by atoms with E-state index in [0.29, 0.717) is 25.1 Å². The van der Waals surface area contributed by atoms with Gasteiger partial charge >= 0.3 is 6.18 Å². The molecule has 0 saturated carbocycles. The maximum Gasteiger partial charge on any atom is 0.416 e. The minimum absolute atomic E-state index is 0.0620. The number of hydrogen-bond acceptors (Lipinski definition) is 3. The molecule has 2 aromatic rings. The highest BCUT2D eigenvalue weighted by atomic mass is 19.4. The van der Waals surface area contributed by atoms with Gasteiger partial charge in [0.05, 0.1) is 5.56 Å². The Morgan fingerprint density at radius 3 is 2.31 bits per heavy atom. The molecule has 2 fully saturated rings. The second-order valence-electron chi connectivity index (χ2n) is 10.2. The summed E-state index contributed by atoms with van der Waals surface area (Å²) in [6.45, 7) is 8.94. The van der Waals surface area contributed by atoms with E-state index in [0.717, 1.165) is 44.5 Å². The molecule has 2 aliphatic rings. The van der Waals surface area contributed by atoms with Crippen LogP contribution in [0.4, 0.5) is 23.2 Å². The van der Waals surface area contributed by atoms with Crippen molar-refractivity contribution in [2.24, 2.45) is 11.8 Å². The summed E-state index contributed by atoms with van der Waals surface area (Å²) in [5.74, 6) is -0.0324. The molecule has 0 N–H and O–H groups in total. The van der Waals surface area contributed by atoms with Crippen molar-refractivity contribution in [1.29, 1.82) is 0 Å². The van der Waals surface area contributed by atoms with Crippen molar-refractivity contribution in [2.45, 2.75) is 32.4 Å². The first kappa shape index (κ1) is 25.5. The Morgan fingerprint density at radius 2 is 1.69 bits per heavy atom. The Morgan fingerprint density at radius 1 is 1.00 bits per heavy atom. The van der Waals surface area contributed by atoms with Crippen LogP contribution in [0.1, 0.15) is 37.3 Å². The lowest BCUT2D eigenvalue weighted by Crippen LogP contribution is -2.48. The van der Waals surface area contributed by atoms with Gasteiger partial charge in [-0.1, -0.05) is 32.0 Å². The highest BCUT2D eigenvalue weighted by Gasteiger charge is 2.39. The molecule has 2 atom stereocenters. The molecule has 35 heavy (non-hydrogen) atoms.